The van der Waals surface area contributed by atoms with Crippen LogP contribution in [0.3, 0.4) is 0 Å². The third kappa shape index (κ3) is 5.55. The van der Waals surface area contributed by atoms with E-state index >= 15 is 0 Å². The van der Waals surface area contributed by atoms with Crippen LogP contribution in [0.2, 0.25) is 0 Å². The quantitative estimate of drug-likeness (QED) is 0.457. The van der Waals surface area contributed by atoms with Gasteiger partial charge in [0.25, 0.3) is 0 Å². The van der Waals surface area contributed by atoms with Crippen LogP contribution in [0.1, 0.15) is 6.42 Å². The van der Waals surface area contributed by atoms with Crippen LogP contribution in [-0.4, -0.2) is 95.3 Å². The van der Waals surface area contributed by atoms with Crippen LogP contribution in [0.5, 0.6) is 0 Å². The van der Waals surface area contributed by atoms with Crippen molar-refractivity contribution in [1.82, 2.24) is 10.2 Å². The van der Waals surface area contributed by atoms with Crippen molar-refractivity contribution in [1.29, 1.82) is 0 Å². The fourth-order valence-corrected chi connectivity index (χ4v) is 5.98. The van der Waals surface area contributed by atoms with Crippen molar-refractivity contribution in [2.75, 3.05) is 51.0 Å². The zero-order valence-electron chi connectivity index (χ0n) is 17.6. The first-order valence-electron chi connectivity index (χ1n) is 10.6. The third-order valence-corrected chi connectivity index (χ3v) is 8.05. The molecule has 1 saturated heterocycles. The lowest BCUT2D eigenvalue weighted by Crippen LogP contribution is -2.54. The molecular weight excluding hydrogens is 436 g/mol. The number of amidine groups is 1. The van der Waals surface area contributed by atoms with Crippen LogP contribution in [0.4, 0.5) is 5.69 Å². The van der Waals surface area contributed by atoms with Gasteiger partial charge in [0.15, 0.2) is 5.17 Å². The summed E-state index contributed by atoms with van der Waals surface area (Å²) in [7, 11) is 0. The number of benzene rings is 1. The molecule has 2 aliphatic heterocycles. The summed E-state index contributed by atoms with van der Waals surface area (Å²) in [4.78, 5) is 21.0. The zero-order chi connectivity index (χ0) is 21.8. The minimum Gasteiger partial charge on any atom is -0.390 e. The predicted octanol–water partition coefficient (Wildman–Crippen LogP) is 0.851. The maximum absolute atomic E-state index is 12.9. The summed E-state index contributed by atoms with van der Waals surface area (Å²) >= 11 is 3.16. The first-order chi connectivity index (χ1) is 15.0. The number of hydrogen-bond acceptors (Lipinski definition) is 9. The van der Waals surface area contributed by atoms with Gasteiger partial charge in [-0.1, -0.05) is 11.8 Å². The highest BCUT2D eigenvalue weighted by Crippen LogP contribution is 2.41. The molecule has 5 atom stereocenters. The van der Waals surface area contributed by atoms with Gasteiger partial charge in [-0.05, 0) is 36.9 Å². The number of anilines is 1. The van der Waals surface area contributed by atoms with Gasteiger partial charge in [-0.15, -0.1) is 11.8 Å². The van der Waals surface area contributed by atoms with Gasteiger partial charge in [0, 0.05) is 42.0 Å². The molecule has 0 aromatic heterocycles. The van der Waals surface area contributed by atoms with Crippen molar-refractivity contribution in [2.24, 2.45) is 10.9 Å². The molecule has 3 aliphatic rings. The van der Waals surface area contributed by atoms with Crippen molar-refractivity contribution in [3.05, 3.63) is 24.3 Å². The SMILES string of the molecule is CSc1ccc(NC2=N[C@@H]3[C@@H](O)[C@H](O)C[C@H](C(=O)NCCN4CCOCC4)[C@H]3S2)cc1. The Balaban J connectivity index is 1.36. The molecule has 8 nitrogen and oxygen atoms in total. The van der Waals surface area contributed by atoms with E-state index in [1.54, 1.807) is 11.8 Å². The Labute approximate surface area is 191 Å². The number of morpholine rings is 1. The molecule has 1 aromatic carbocycles. The molecule has 1 aromatic rings. The van der Waals surface area contributed by atoms with Gasteiger partial charge in [-0.25, -0.2) is 0 Å². The number of hydrogen-bond donors (Lipinski definition) is 4. The average Bonchev–Trinajstić information content (AvgIpc) is 3.21. The molecule has 10 heteroatoms. The average molecular weight is 467 g/mol. The van der Waals surface area contributed by atoms with E-state index in [-0.39, 0.29) is 17.6 Å². The van der Waals surface area contributed by atoms with Gasteiger partial charge in [0.05, 0.1) is 31.3 Å². The number of ether oxygens (including phenoxy) is 1. The fraction of sp³-hybridized carbons (Fsp3) is 0.619. The fourth-order valence-electron chi connectivity index (χ4n) is 4.20. The molecule has 1 amide bonds. The van der Waals surface area contributed by atoms with Crippen LogP contribution in [-0.2, 0) is 9.53 Å². The van der Waals surface area contributed by atoms with Gasteiger partial charge < -0.3 is 25.6 Å². The van der Waals surface area contributed by atoms with E-state index in [2.05, 4.69) is 20.5 Å². The minimum atomic E-state index is -0.965. The number of carbonyl (C=O) groups excluding carboxylic acids is 1. The molecule has 4 rings (SSSR count). The molecule has 0 bridgehead atoms. The summed E-state index contributed by atoms with van der Waals surface area (Å²) in [5.74, 6) is -0.484. The monoisotopic (exact) mass is 466 g/mol. The minimum absolute atomic E-state index is 0.0810. The van der Waals surface area contributed by atoms with Gasteiger partial charge in [0.2, 0.25) is 5.91 Å². The number of aliphatic hydroxyl groups is 2. The van der Waals surface area contributed by atoms with Crippen LogP contribution in [0, 0.1) is 5.92 Å². The first kappa shape index (κ1) is 22.9. The molecule has 1 aliphatic carbocycles. The van der Waals surface area contributed by atoms with E-state index in [1.165, 1.54) is 16.7 Å². The highest BCUT2D eigenvalue weighted by atomic mass is 32.2. The predicted molar refractivity (Wildman–Crippen MR) is 125 cm³/mol. The molecular formula is C21H30N4O4S2. The third-order valence-electron chi connectivity index (χ3n) is 6.00. The Kier molecular flexibility index (Phi) is 7.78. The summed E-state index contributed by atoms with van der Waals surface area (Å²) in [6.07, 6.45) is 0.348. The van der Waals surface area contributed by atoms with E-state index in [9.17, 15) is 15.0 Å². The summed E-state index contributed by atoms with van der Waals surface area (Å²) in [6, 6.07) is 7.53. The van der Waals surface area contributed by atoms with Crippen molar-refractivity contribution in [2.45, 2.75) is 34.8 Å². The smallest absolute Gasteiger partial charge is 0.224 e. The second-order valence-electron chi connectivity index (χ2n) is 8.01. The molecule has 0 unspecified atom stereocenters. The lowest BCUT2D eigenvalue weighted by Gasteiger charge is -2.37. The second kappa shape index (κ2) is 10.5. The summed E-state index contributed by atoms with van der Waals surface area (Å²) in [5.41, 5.74) is 0.907. The van der Waals surface area contributed by atoms with E-state index in [4.69, 9.17) is 4.74 Å². The molecule has 2 heterocycles. The normalized spacial score (nSPS) is 31.1. The van der Waals surface area contributed by atoms with Gasteiger partial charge in [0.1, 0.15) is 6.10 Å². The van der Waals surface area contributed by atoms with Crippen molar-refractivity contribution < 1.29 is 19.7 Å². The lowest BCUT2D eigenvalue weighted by molar-refractivity contribution is -0.129. The van der Waals surface area contributed by atoms with Crippen molar-refractivity contribution >= 4 is 40.3 Å². The molecule has 0 radical (unpaired) electrons. The van der Waals surface area contributed by atoms with Crippen molar-refractivity contribution in [3.63, 3.8) is 0 Å². The highest BCUT2D eigenvalue weighted by molar-refractivity contribution is 8.15. The van der Waals surface area contributed by atoms with Crippen LogP contribution >= 0.6 is 23.5 Å². The Bertz CT molecular complexity index is 788. The number of aliphatic hydroxyl groups excluding tert-OH is 2. The van der Waals surface area contributed by atoms with Gasteiger partial charge >= 0.3 is 0 Å². The van der Waals surface area contributed by atoms with Gasteiger partial charge in [-0.3, -0.25) is 14.7 Å². The lowest BCUT2D eigenvalue weighted by atomic mass is 9.81. The van der Waals surface area contributed by atoms with E-state index in [1.807, 2.05) is 30.5 Å². The van der Waals surface area contributed by atoms with Crippen LogP contribution in [0.25, 0.3) is 0 Å². The zero-order valence-corrected chi connectivity index (χ0v) is 19.2. The Morgan fingerprint density at radius 3 is 2.74 bits per heavy atom. The number of nitrogens with one attached hydrogen (secondary N) is 2. The molecule has 4 N–H and O–H groups in total. The number of thioether (sulfide) groups is 2. The molecule has 31 heavy (non-hydrogen) atoms. The Morgan fingerprint density at radius 1 is 1.29 bits per heavy atom. The van der Waals surface area contributed by atoms with E-state index < -0.39 is 24.2 Å². The topological polar surface area (TPSA) is 106 Å². The van der Waals surface area contributed by atoms with Crippen molar-refractivity contribution in [3.8, 4) is 0 Å². The number of nitrogens with zero attached hydrogens (tertiary/aromatic N) is 2. The number of fused-ring (bicyclic) bond motifs is 1. The summed E-state index contributed by atoms with van der Waals surface area (Å²) in [5, 5.41) is 27.6. The number of rotatable bonds is 6. The highest BCUT2D eigenvalue weighted by Gasteiger charge is 2.50. The summed E-state index contributed by atoms with van der Waals surface area (Å²) < 4.78 is 5.35. The van der Waals surface area contributed by atoms with E-state index in [0.717, 1.165) is 38.5 Å². The number of carbonyl (C=O) groups is 1. The maximum Gasteiger partial charge on any atom is 0.224 e. The second-order valence-corrected chi connectivity index (χ2v) is 10.1. The largest absolute Gasteiger partial charge is 0.390 e. The number of amides is 1. The van der Waals surface area contributed by atoms with Crippen LogP contribution < -0.4 is 10.6 Å². The molecule has 0 spiro atoms. The number of aliphatic imine (C=N–C) groups is 1. The Hall–Kier alpha value is -1.30. The van der Waals surface area contributed by atoms with Gasteiger partial charge in [-0.2, -0.15) is 0 Å². The maximum atomic E-state index is 12.9. The summed E-state index contributed by atoms with van der Waals surface area (Å²) in [6.45, 7) is 4.56. The van der Waals surface area contributed by atoms with E-state index in [0.29, 0.717) is 11.7 Å². The standard InChI is InChI=1S/C21H30N4O4S2/c1-30-14-4-2-13(3-5-14)23-21-24-17-18(27)16(26)12-15(19(17)31-21)20(28)22-6-7-25-8-10-29-11-9-25/h2-5,15-19,26-27H,6-12H2,1H3,(H,22,28)(H,23,24)/t15-,16+,17+,18-,19+/m0/s1. The van der Waals surface area contributed by atoms with Crippen LogP contribution in [0.15, 0.2) is 34.2 Å². The molecule has 2 fully saturated rings. The molecule has 170 valence electrons. The first-order valence-corrected chi connectivity index (χ1v) is 12.7. The molecule has 1 saturated carbocycles. The Morgan fingerprint density at radius 2 is 2.03 bits per heavy atom.